The highest BCUT2D eigenvalue weighted by Gasteiger charge is 2.29. The van der Waals surface area contributed by atoms with Gasteiger partial charge in [0, 0.05) is 29.8 Å². The van der Waals surface area contributed by atoms with E-state index in [4.69, 9.17) is 17.4 Å². The van der Waals surface area contributed by atoms with Gasteiger partial charge in [0.2, 0.25) is 0 Å². The Morgan fingerprint density at radius 2 is 2.37 bits per heavy atom. The van der Waals surface area contributed by atoms with Gasteiger partial charge in [-0.15, -0.1) is 0 Å². The van der Waals surface area contributed by atoms with Gasteiger partial charge < -0.3 is 10.3 Å². The Morgan fingerprint density at radius 1 is 1.63 bits per heavy atom. The number of nitrogens with two attached hydrogens (primary N) is 1. The van der Waals surface area contributed by atoms with Gasteiger partial charge in [0.15, 0.2) is 5.82 Å². The number of pyridine rings is 1. The average molecular weight is 301 g/mol. The van der Waals surface area contributed by atoms with Crippen molar-refractivity contribution in [2.24, 2.45) is 5.84 Å². The van der Waals surface area contributed by atoms with Crippen LogP contribution in [0.5, 0.6) is 0 Å². The highest BCUT2D eigenvalue weighted by atomic mass is 35.5. The van der Waals surface area contributed by atoms with E-state index in [1.807, 2.05) is 16.7 Å². The van der Waals surface area contributed by atoms with Gasteiger partial charge in [0.25, 0.3) is 5.91 Å². The summed E-state index contributed by atoms with van der Waals surface area (Å²) in [6.45, 7) is 4.96. The van der Waals surface area contributed by atoms with Crippen LogP contribution in [0.1, 0.15) is 24.2 Å². The predicted octanol–water partition coefficient (Wildman–Crippen LogP) is 1.99. The van der Waals surface area contributed by atoms with E-state index in [-0.39, 0.29) is 11.9 Å². The molecule has 1 amide bonds. The molecule has 0 radical (unpaired) electrons. The molecule has 1 saturated heterocycles. The highest BCUT2D eigenvalue weighted by molar-refractivity contribution is 8.00. The molecule has 2 rings (SSSR count). The van der Waals surface area contributed by atoms with Gasteiger partial charge in [-0.25, -0.2) is 10.8 Å². The monoisotopic (exact) mass is 300 g/mol. The van der Waals surface area contributed by atoms with Crippen molar-refractivity contribution in [2.75, 3.05) is 17.7 Å². The quantitative estimate of drug-likeness (QED) is 0.645. The molecule has 7 heteroatoms. The van der Waals surface area contributed by atoms with Crippen molar-refractivity contribution in [2.45, 2.75) is 25.1 Å². The minimum Gasteiger partial charge on any atom is -0.334 e. The third-order valence-electron chi connectivity index (χ3n) is 3.37. The zero-order valence-corrected chi connectivity index (χ0v) is 12.5. The van der Waals surface area contributed by atoms with E-state index < -0.39 is 0 Å². The van der Waals surface area contributed by atoms with Crippen molar-refractivity contribution in [3.63, 3.8) is 0 Å². The van der Waals surface area contributed by atoms with Gasteiger partial charge in [-0.05, 0) is 13.0 Å². The van der Waals surface area contributed by atoms with Gasteiger partial charge in [-0.1, -0.05) is 18.5 Å². The zero-order valence-electron chi connectivity index (χ0n) is 10.9. The maximum atomic E-state index is 12.5. The van der Waals surface area contributed by atoms with Crippen LogP contribution in [0.2, 0.25) is 5.02 Å². The molecule has 2 unspecified atom stereocenters. The topological polar surface area (TPSA) is 71.2 Å². The Kier molecular flexibility index (Phi) is 4.54. The van der Waals surface area contributed by atoms with Crippen molar-refractivity contribution in [1.29, 1.82) is 0 Å². The SMILES string of the molecule is CC1SCCN(C(=O)c2cnc(NN)c(Cl)c2)C1C. The summed E-state index contributed by atoms with van der Waals surface area (Å²) in [5, 5.41) is 0.784. The Morgan fingerprint density at radius 3 is 3.00 bits per heavy atom. The maximum Gasteiger partial charge on any atom is 0.255 e. The van der Waals surface area contributed by atoms with Crippen LogP contribution >= 0.6 is 23.4 Å². The lowest BCUT2D eigenvalue weighted by atomic mass is 10.1. The summed E-state index contributed by atoms with van der Waals surface area (Å²) < 4.78 is 0. The van der Waals surface area contributed by atoms with Gasteiger partial charge in [-0.3, -0.25) is 4.79 Å². The number of amides is 1. The van der Waals surface area contributed by atoms with Crippen LogP contribution < -0.4 is 11.3 Å². The number of hydrogen-bond acceptors (Lipinski definition) is 5. The second-order valence-corrected chi connectivity index (χ2v) is 6.41. The summed E-state index contributed by atoms with van der Waals surface area (Å²) in [6.07, 6.45) is 1.50. The fourth-order valence-electron chi connectivity index (χ4n) is 2.05. The van der Waals surface area contributed by atoms with Crippen molar-refractivity contribution in [3.05, 3.63) is 22.8 Å². The Balaban J connectivity index is 2.21. The van der Waals surface area contributed by atoms with E-state index in [9.17, 15) is 4.79 Å². The Hall–Kier alpha value is -0.980. The van der Waals surface area contributed by atoms with Crippen LogP contribution in [0.15, 0.2) is 12.3 Å². The number of nitrogens with one attached hydrogen (secondary N) is 1. The first-order valence-electron chi connectivity index (χ1n) is 6.09. The summed E-state index contributed by atoms with van der Waals surface area (Å²) >= 11 is 7.89. The van der Waals surface area contributed by atoms with Crippen LogP contribution in [0.4, 0.5) is 5.82 Å². The minimum absolute atomic E-state index is 0.0300. The molecular weight excluding hydrogens is 284 g/mol. The van der Waals surface area contributed by atoms with Crippen molar-refractivity contribution in [1.82, 2.24) is 9.88 Å². The molecule has 0 bridgehead atoms. The fraction of sp³-hybridized carbons (Fsp3) is 0.500. The number of halogens is 1. The number of hydrogen-bond donors (Lipinski definition) is 2. The molecule has 1 aliphatic heterocycles. The van der Waals surface area contributed by atoms with Crippen molar-refractivity contribution in [3.8, 4) is 0 Å². The standard InChI is InChI=1S/C12H17ClN4OS/c1-7-8(2)19-4-3-17(7)12(18)9-5-10(13)11(16-14)15-6-9/h5-8H,3-4,14H2,1-2H3,(H,15,16). The fourth-order valence-corrected chi connectivity index (χ4v) is 3.37. The van der Waals surface area contributed by atoms with Crippen LogP contribution in [0.3, 0.4) is 0 Å². The van der Waals surface area contributed by atoms with E-state index in [1.165, 1.54) is 6.20 Å². The minimum atomic E-state index is -0.0300. The molecule has 1 aromatic heterocycles. The molecule has 104 valence electrons. The average Bonchev–Trinajstić information content (AvgIpc) is 2.41. The third-order valence-corrected chi connectivity index (χ3v) is 5.00. The van der Waals surface area contributed by atoms with E-state index in [1.54, 1.807) is 6.07 Å². The molecule has 5 nitrogen and oxygen atoms in total. The van der Waals surface area contributed by atoms with E-state index in [0.29, 0.717) is 21.7 Å². The summed E-state index contributed by atoms with van der Waals surface area (Å²) in [6, 6.07) is 1.81. The number of carbonyl (C=O) groups is 1. The number of hydrazine groups is 1. The number of nitrogens with zero attached hydrogens (tertiary/aromatic N) is 2. The van der Waals surface area contributed by atoms with Gasteiger partial charge in [-0.2, -0.15) is 11.8 Å². The van der Waals surface area contributed by atoms with Gasteiger partial charge in [0.1, 0.15) is 0 Å². The largest absolute Gasteiger partial charge is 0.334 e. The molecule has 1 aliphatic rings. The second-order valence-electron chi connectivity index (χ2n) is 4.51. The van der Waals surface area contributed by atoms with Crippen LogP contribution in [-0.2, 0) is 0 Å². The van der Waals surface area contributed by atoms with Gasteiger partial charge >= 0.3 is 0 Å². The van der Waals surface area contributed by atoms with E-state index >= 15 is 0 Å². The normalized spacial score (nSPS) is 23.3. The van der Waals surface area contributed by atoms with Crippen molar-refractivity contribution < 1.29 is 4.79 Å². The number of anilines is 1. The number of rotatable bonds is 2. The molecule has 2 heterocycles. The summed E-state index contributed by atoms with van der Waals surface area (Å²) in [5.74, 6) is 6.56. The summed E-state index contributed by atoms with van der Waals surface area (Å²) in [7, 11) is 0. The first-order valence-corrected chi connectivity index (χ1v) is 7.52. The lowest BCUT2D eigenvalue weighted by Gasteiger charge is -2.37. The molecule has 0 aromatic carbocycles. The molecular formula is C12H17ClN4OS. The summed E-state index contributed by atoms with van der Waals surface area (Å²) in [4.78, 5) is 18.4. The summed E-state index contributed by atoms with van der Waals surface area (Å²) in [5.41, 5.74) is 2.88. The maximum absolute atomic E-state index is 12.5. The van der Waals surface area contributed by atoms with Crippen molar-refractivity contribution >= 4 is 35.1 Å². The highest BCUT2D eigenvalue weighted by Crippen LogP contribution is 2.26. The predicted molar refractivity (Wildman–Crippen MR) is 79.5 cm³/mol. The second kappa shape index (κ2) is 5.98. The van der Waals surface area contributed by atoms with E-state index in [0.717, 1.165) is 12.3 Å². The molecule has 1 fully saturated rings. The van der Waals surface area contributed by atoms with Crippen LogP contribution in [0, 0.1) is 0 Å². The number of aromatic nitrogens is 1. The first kappa shape index (κ1) is 14.4. The molecule has 2 atom stereocenters. The Bertz CT molecular complexity index is 485. The lowest BCUT2D eigenvalue weighted by molar-refractivity contribution is 0.0698. The number of carbonyl (C=O) groups excluding carboxylic acids is 1. The molecule has 0 aliphatic carbocycles. The van der Waals surface area contributed by atoms with Crippen LogP contribution in [0.25, 0.3) is 0 Å². The zero-order chi connectivity index (χ0) is 14.0. The lowest BCUT2D eigenvalue weighted by Crippen LogP contribution is -2.48. The number of thioether (sulfide) groups is 1. The first-order chi connectivity index (χ1) is 9.04. The number of nitrogen functional groups attached to an aromatic ring is 1. The third kappa shape index (κ3) is 2.96. The molecule has 3 N–H and O–H groups in total. The Labute approximate surface area is 121 Å². The van der Waals surface area contributed by atoms with Gasteiger partial charge in [0.05, 0.1) is 10.6 Å². The molecule has 19 heavy (non-hydrogen) atoms. The smallest absolute Gasteiger partial charge is 0.255 e. The van der Waals surface area contributed by atoms with Crippen LogP contribution in [-0.4, -0.2) is 39.4 Å². The van der Waals surface area contributed by atoms with E-state index in [2.05, 4.69) is 24.3 Å². The molecule has 0 saturated carbocycles. The molecule has 0 spiro atoms. The molecule has 1 aromatic rings.